The molecule has 0 radical (unpaired) electrons. The first-order valence-electron chi connectivity index (χ1n) is 13.3. The molecule has 3 aromatic carbocycles. The van der Waals surface area contributed by atoms with Gasteiger partial charge in [-0.3, -0.25) is 19.2 Å². The zero-order valence-electron chi connectivity index (χ0n) is 22.6. The Morgan fingerprint density at radius 3 is 1.98 bits per heavy atom. The molecule has 1 saturated carbocycles. The highest BCUT2D eigenvalue weighted by molar-refractivity contribution is 9.12. The lowest BCUT2D eigenvalue weighted by Crippen LogP contribution is -2.52. The Labute approximate surface area is 274 Å². The van der Waals surface area contributed by atoms with Gasteiger partial charge in [0.2, 0.25) is 0 Å². The number of amides is 3. The van der Waals surface area contributed by atoms with Crippen molar-refractivity contribution in [2.75, 3.05) is 6.54 Å². The number of halogens is 4. The Kier molecular flexibility index (Phi) is 9.41. The summed E-state index contributed by atoms with van der Waals surface area (Å²) in [6.45, 7) is 1.29. The lowest BCUT2D eigenvalue weighted by molar-refractivity contribution is -0.154. The molecular weight excluding hydrogens is 727 g/mol. The van der Waals surface area contributed by atoms with Crippen molar-refractivity contribution >= 4 is 84.5 Å². The highest BCUT2D eigenvalue weighted by Crippen LogP contribution is 2.44. The molecule has 0 bridgehead atoms. The van der Waals surface area contributed by atoms with E-state index in [2.05, 4.69) is 31.9 Å². The van der Waals surface area contributed by atoms with Gasteiger partial charge < -0.3 is 4.74 Å². The highest BCUT2D eigenvalue weighted by atomic mass is 79.9. The normalized spacial score (nSPS) is 21.4. The number of imide groups is 1. The van der Waals surface area contributed by atoms with Crippen LogP contribution in [0.1, 0.15) is 49.5 Å². The number of carbonyl (C=O) groups excluding carboxylic acids is 5. The quantitative estimate of drug-likeness (QED) is 0.0879. The maximum Gasteiger partial charge on any atom is 0.343 e. The molecule has 1 heterocycles. The van der Waals surface area contributed by atoms with Crippen LogP contribution < -0.4 is 4.74 Å². The first-order valence-corrected chi connectivity index (χ1v) is 15.9. The van der Waals surface area contributed by atoms with E-state index in [1.54, 1.807) is 24.3 Å². The van der Waals surface area contributed by atoms with E-state index in [9.17, 15) is 24.0 Å². The number of rotatable bonds is 7. The van der Waals surface area contributed by atoms with Gasteiger partial charge in [0, 0.05) is 20.2 Å². The second-order valence-electron chi connectivity index (χ2n) is 10.4. The lowest BCUT2D eigenvalue weighted by Gasteiger charge is -2.30. The number of fused-ring (bicyclic) bond motifs is 1. The predicted octanol–water partition coefficient (Wildman–Crippen LogP) is 6.68. The van der Waals surface area contributed by atoms with Gasteiger partial charge in [-0.1, -0.05) is 72.8 Å². The first kappa shape index (κ1) is 31.4. The predicted molar refractivity (Wildman–Crippen MR) is 168 cm³/mol. The van der Waals surface area contributed by atoms with Gasteiger partial charge in [0.25, 0.3) is 17.7 Å². The summed E-state index contributed by atoms with van der Waals surface area (Å²) in [6, 6.07) is 16.9. The largest absolute Gasteiger partial charge is 0.423 e. The molecule has 5 rings (SSSR count). The zero-order valence-corrected chi connectivity index (χ0v) is 27.3. The summed E-state index contributed by atoms with van der Waals surface area (Å²) in [5.41, 5.74) is 1.52. The minimum absolute atomic E-state index is 0.00671. The molecular formula is C31H24Br2Cl2N2O6. The van der Waals surface area contributed by atoms with Crippen LogP contribution in [0.4, 0.5) is 0 Å². The lowest BCUT2D eigenvalue weighted by atomic mass is 9.81. The molecule has 1 aliphatic carbocycles. The van der Waals surface area contributed by atoms with E-state index >= 15 is 0 Å². The molecule has 0 spiro atoms. The molecule has 2 aliphatic rings. The fraction of sp³-hybridized carbons (Fsp3) is 0.258. The van der Waals surface area contributed by atoms with Crippen LogP contribution in [0.3, 0.4) is 0 Å². The minimum atomic E-state index is -0.801. The topological polar surface area (TPSA) is 101 Å². The maximum atomic E-state index is 13.8. The van der Waals surface area contributed by atoms with Crippen LogP contribution in [0.15, 0.2) is 66.7 Å². The van der Waals surface area contributed by atoms with E-state index in [1.165, 1.54) is 42.5 Å². The number of nitrogens with zero attached hydrogens (tertiary/aromatic N) is 2. The fourth-order valence-electron chi connectivity index (χ4n) is 5.14. The molecule has 1 saturated heterocycles. The summed E-state index contributed by atoms with van der Waals surface area (Å²) in [4.78, 5) is 66.9. The molecule has 3 amide bonds. The SMILES string of the molecule is Cc1ccc(C(=O)Oc2ccc(C(=O)CN(C(=O)c3ccc(Cl)cc3Cl)N3C(=O)[C@H]4C[C@H](Br)[C@@H](Br)C[C@H]4C3=O)cc2)cc1. The Morgan fingerprint density at radius 1 is 0.860 bits per heavy atom. The number of benzene rings is 3. The van der Waals surface area contributed by atoms with Crippen molar-refractivity contribution in [2.45, 2.75) is 29.4 Å². The maximum absolute atomic E-state index is 13.8. The van der Waals surface area contributed by atoms with Gasteiger partial charge >= 0.3 is 5.97 Å². The van der Waals surface area contributed by atoms with Crippen LogP contribution in [0.25, 0.3) is 0 Å². The fourth-order valence-corrected chi connectivity index (χ4v) is 6.87. The smallest absolute Gasteiger partial charge is 0.343 e. The number of esters is 1. The van der Waals surface area contributed by atoms with Crippen molar-refractivity contribution in [3.05, 3.63) is 99.0 Å². The molecule has 0 unspecified atom stereocenters. The number of alkyl halides is 2. The van der Waals surface area contributed by atoms with Crippen molar-refractivity contribution < 1.29 is 28.7 Å². The van der Waals surface area contributed by atoms with Crippen molar-refractivity contribution in [2.24, 2.45) is 11.8 Å². The minimum Gasteiger partial charge on any atom is -0.423 e. The van der Waals surface area contributed by atoms with E-state index in [1.807, 2.05) is 6.92 Å². The molecule has 1 aliphatic heterocycles. The van der Waals surface area contributed by atoms with Crippen LogP contribution in [-0.2, 0) is 9.59 Å². The summed E-state index contributed by atoms with van der Waals surface area (Å²) < 4.78 is 5.41. The third-order valence-electron chi connectivity index (χ3n) is 7.49. The standard InChI is InChI=1S/C31H24Br2Cl2N2O6/c1-16-2-4-18(5-3-16)31(42)43-20-9-6-17(7-10-20)27(38)15-36(28(39)21-11-8-19(34)12-26(21)35)37-29(40)22-13-24(32)25(33)14-23(22)30(37)41/h2-12,22-25H,13-15H2,1H3/t22-,23+,24-,25-/m0/s1. The number of ketones is 1. The number of hydrazine groups is 1. The number of Topliss-reactive ketones (excluding diaryl/α,β-unsaturated/α-hetero) is 1. The van der Waals surface area contributed by atoms with E-state index < -0.39 is 47.9 Å². The first-order chi connectivity index (χ1) is 20.4. The Balaban J connectivity index is 1.40. The van der Waals surface area contributed by atoms with Crippen LogP contribution in [0.2, 0.25) is 10.0 Å². The number of hydrogen-bond donors (Lipinski definition) is 0. The Morgan fingerprint density at radius 2 is 1.42 bits per heavy atom. The Bertz CT molecular complexity index is 1590. The number of carbonyl (C=O) groups is 5. The Hall–Kier alpha value is -3.05. The zero-order chi connectivity index (χ0) is 31.0. The van der Waals surface area contributed by atoms with Gasteiger partial charge in [0.15, 0.2) is 5.78 Å². The molecule has 2 fully saturated rings. The van der Waals surface area contributed by atoms with E-state index in [0.717, 1.165) is 15.6 Å². The number of aryl methyl sites for hydroxylation is 1. The summed E-state index contributed by atoms with van der Waals surface area (Å²) in [5.74, 6) is -4.08. The second kappa shape index (κ2) is 12.9. The molecule has 3 aromatic rings. The summed E-state index contributed by atoms with van der Waals surface area (Å²) >= 11 is 19.4. The van der Waals surface area contributed by atoms with E-state index in [4.69, 9.17) is 27.9 Å². The molecule has 222 valence electrons. The number of ether oxygens (including phenoxy) is 1. The number of hydrogen-bond acceptors (Lipinski definition) is 6. The van der Waals surface area contributed by atoms with Crippen LogP contribution in [-0.4, -0.2) is 55.7 Å². The van der Waals surface area contributed by atoms with Crippen molar-refractivity contribution in [1.82, 2.24) is 10.0 Å². The van der Waals surface area contributed by atoms with Crippen molar-refractivity contribution in [1.29, 1.82) is 0 Å². The van der Waals surface area contributed by atoms with E-state index in [0.29, 0.717) is 23.4 Å². The van der Waals surface area contributed by atoms with Crippen molar-refractivity contribution in [3.8, 4) is 5.75 Å². The summed E-state index contributed by atoms with van der Waals surface area (Å²) in [5, 5.41) is 1.95. The van der Waals surface area contributed by atoms with Crippen LogP contribution >= 0.6 is 55.1 Å². The summed E-state index contributed by atoms with van der Waals surface area (Å²) in [7, 11) is 0. The molecule has 12 heteroatoms. The van der Waals surface area contributed by atoms with Crippen LogP contribution in [0, 0.1) is 18.8 Å². The molecule has 4 atom stereocenters. The van der Waals surface area contributed by atoms with E-state index in [-0.39, 0.29) is 31.6 Å². The highest BCUT2D eigenvalue weighted by Gasteiger charge is 2.54. The van der Waals surface area contributed by atoms with Gasteiger partial charge in [-0.25, -0.2) is 9.80 Å². The van der Waals surface area contributed by atoms with Crippen molar-refractivity contribution in [3.63, 3.8) is 0 Å². The third-order valence-corrected chi connectivity index (χ3v) is 10.8. The average molecular weight is 751 g/mol. The molecule has 0 aromatic heterocycles. The second-order valence-corrected chi connectivity index (χ2v) is 13.6. The average Bonchev–Trinajstić information content (AvgIpc) is 3.20. The van der Waals surface area contributed by atoms with Gasteiger partial charge in [0.05, 0.1) is 28.0 Å². The molecule has 8 nitrogen and oxygen atoms in total. The summed E-state index contributed by atoms with van der Waals surface area (Å²) in [6.07, 6.45) is 0.782. The third kappa shape index (κ3) is 6.57. The van der Waals surface area contributed by atoms with Gasteiger partial charge in [0.1, 0.15) is 12.3 Å². The van der Waals surface area contributed by atoms with Gasteiger partial charge in [-0.05, 0) is 74.4 Å². The van der Waals surface area contributed by atoms with Gasteiger partial charge in [-0.2, -0.15) is 5.01 Å². The van der Waals surface area contributed by atoms with Crippen LogP contribution in [0.5, 0.6) is 5.75 Å². The molecule has 43 heavy (non-hydrogen) atoms. The molecule has 0 N–H and O–H groups in total. The van der Waals surface area contributed by atoms with Gasteiger partial charge in [-0.15, -0.1) is 0 Å². The monoisotopic (exact) mass is 748 g/mol.